The minimum Gasteiger partial charge on any atom is -1.00 e. The Kier molecular flexibility index (Phi) is 7.56. The van der Waals surface area contributed by atoms with Crippen LogP contribution in [0.3, 0.4) is 0 Å². The zero-order valence-corrected chi connectivity index (χ0v) is 15.5. The standard InChI is InChI=1S/C8H13Si.C5H5.2ClH.Zr/c1-9(2,3)8-6-4-5-7-8;1-2-4-5-3-1;;;/h4,6H,5H2,1-3H3;1-3H,4H2;2*1H;/q;;;;+2/p-2. The first-order chi connectivity index (χ1) is 7.07. The monoisotopic (exact) mass is 362 g/mol. The molecule has 2 aliphatic carbocycles. The van der Waals surface area contributed by atoms with E-state index in [0.717, 1.165) is 0 Å². The SMILES string of the molecule is C[Si](C)(C)C1=[C]([Zr+2][C]2=CC=CC2)CC=C1.[Cl-].[Cl-]. The molecule has 2 rings (SSSR count). The molecule has 0 aromatic carbocycles. The van der Waals surface area contributed by atoms with Gasteiger partial charge in [0.15, 0.2) is 0 Å². The van der Waals surface area contributed by atoms with Crippen molar-refractivity contribution < 1.29 is 48.0 Å². The number of hydrogen-bond donors (Lipinski definition) is 0. The van der Waals surface area contributed by atoms with Crippen LogP contribution in [-0.4, -0.2) is 8.07 Å². The molecule has 0 fully saturated rings. The van der Waals surface area contributed by atoms with Crippen molar-refractivity contribution >= 4 is 8.07 Å². The summed E-state index contributed by atoms with van der Waals surface area (Å²) >= 11 is -0.408. The fourth-order valence-corrected chi connectivity index (χ4v) is 9.83. The first kappa shape index (κ1) is 17.6. The minimum absolute atomic E-state index is 0. The molecule has 0 saturated heterocycles. The summed E-state index contributed by atoms with van der Waals surface area (Å²) in [6.45, 7) is 7.41. The maximum absolute atomic E-state index is 2.47. The molecule has 0 aromatic rings. The second-order valence-corrected chi connectivity index (χ2v) is 13.9. The molecule has 4 heteroatoms. The fourth-order valence-electron chi connectivity index (χ4n) is 2.06. The molecule has 0 bridgehead atoms. The van der Waals surface area contributed by atoms with Crippen molar-refractivity contribution in [2.24, 2.45) is 0 Å². The van der Waals surface area contributed by atoms with Crippen molar-refractivity contribution in [1.29, 1.82) is 0 Å². The number of allylic oxidation sites excluding steroid dienone is 8. The molecule has 0 unspecified atom stereocenters. The van der Waals surface area contributed by atoms with Crippen LogP contribution in [0.4, 0.5) is 0 Å². The summed E-state index contributed by atoms with van der Waals surface area (Å²) in [5, 5.41) is 1.77. The Hall–Kier alpha value is 0.640. The fraction of sp³-hybridized carbons (Fsp3) is 0.385. The average Bonchev–Trinajstić information content (AvgIpc) is 2.73. The topological polar surface area (TPSA) is 0 Å². The second-order valence-electron chi connectivity index (χ2n) is 5.20. The van der Waals surface area contributed by atoms with Crippen LogP contribution >= 0.6 is 0 Å². The third-order valence-corrected chi connectivity index (χ3v) is 9.13. The van der Waals surface area contributed by atoms with Crippen molar-refractivity contribution in [2.75, 3.05) is 0 Å². The Labute approximate surface area is 130 Å². The van der Waals surface area contributed by atoms with Crippen molar-refractivity contribution in [2.45, 2.75) is 32.5 Å². The van der Waals surface area contributed by atoms with Crippen molar-refractivity contribution in [3.05, 3.63) is 42.1 Å². The van der Waals surface area contributed by atoms with Gasteiger partial charge in [-0.2, -0.15) is 0 Å². The molecule has 0 amide bonds. The molecule has 0 nitrogen and oxygen atoms in total. The van der Waals surface area contributed by atoms with Gasteiger partial charge in [0, 0.05) is 0 Å². The van der Waals surface area contributed by atoms with Gasteiger partial charge in [-0.05, 0) is 0 Å². The van der Waals surface area contributed by atoms with E-state index in [1.165, 1.54) is 12.8 Å². The molecular weight excluding hydrogens is 346 g/mol. The third kappa shape index (κ3) is 4.67. The van der Waals surface area contributed by atoms with Gasteiger partial charge in [0.25, 0.3) is 0 Å². The quantitative estimate of drug-likeness (QED) is 0.509. The maximum atomic E-state index is 2.47. The molecule has 0 aromatic heterocycles. The van der Waals surface area contributed by atoms with Gasteiger partial charge in [-0.25, -0.2) is 0 Å². The molecule has 0 radical (unpaired) electrons. The summed E-state index contributed by atoms with van der Waals surface area (Å²) in [5.74, 6) is 0. The number of hydrogen-bond acceptors (Lipinski definition) is 0. The molecule has 0 atom stereocenters. The van der Waals surface area contributed by atoms with Gasteiger partial charge in [-0.1, -0.05) is 0 Å². The van der Waals surface area contributed by atoms with Gasteiger partial charge in [0.1, 0.15) is 0 Å². The van der Waals surface area contributed by atoms with Crippen LogP contribution in [0.1, 0.15) is 12.8 Å². The zero-order chi connectivity index (χ0) is 10.9. The van der Waals surface area contributed by atoms with E-state index in [9.17, 15) is 0 Å². The Morgan fingerprint density at radius 1 is 1.06 bits per heavy atom. The molecule has 0 spiro atoms. The van der Waals surface area contributed by atoms with Crippen molar-refractivity contribution in [3.63, 3.8) is 0 Å². The Bertz CT molecular complexity index is 387. The van der Waals surface area contributed by atoms with Gasteiger partial charge in [0.05, 0.1) is 0 Å². The largest absolute Gasteiger partial charge is 1.00 e. The smallest absolute Gasteiger partial charge is 1.00 e. The Balaban J connectivity index is 0.00000128. The molecule has 0 aliphatic heterocycles. The van der Waals surface area contributed by atoms with E-state index in [1.54, 1.807) is 8.48 Å². The molecule has 0 N–H and O–H groups in total. The van der Waals surface area contributed by atoms with Crippen molar-refractivity contribution in [3.8, 4) is 0 Å². The van der Waals surface area contributed by atoms with E-state index >= 15 is 0 Å². The average molecular weight is 365 g/mol. The molecule has 92 valence electrons. The van der Waals surface area contributed by atoms with E-state index in [0.29, 0.717) is 0 Å². The Morgan fingerprint density at radius 2 is 1.76 bits per heavy atom. The van der Waals surface area contributed by atoms with Gasteiger partial charge in [-0.15, -0.1) is 0 Å². The number of rotatable bonds is 3. The minimum atomic E-state index is -1.07. The van der Waals surface area contributed by atoms with Gasteiger partial charge in [-0.3, -0.25) is 0 Å². The predicted molar refractivity (Wildman–Crippen MR) is 66.0 cm³/mol. The van der Waals surface area contributed by atoms with Gasteiger partial charge < -0.3 is 24.8 Å². The molecule has 17 heavy (non-hydrogen) atoms. The van der Waals surface area contributed by atoms with Crippen LogP contribution in [0, 0.1) is 0 Å². The van der Waals surface area contributed by atoms with E-state index < -0.39 is 31.3 Å². The Morgan fingerprint density at radius 3 is 2.29 bits per heavy atom. The first-order valence-electron chi connectivity index (χ1n) is 5.60. The van der Waals surface area contributed by atoms with Crippen LogP contribution in [0.2, 0.25) is 19.6 Å². The van der Waals surface area contributed by atoms with E-state index in [1.807, 2.05) is 3.28 Å². The van der Waals surface area contributed by atoms with Crippen LogP contribution in [0.5, 0.6) is 0 Å². The van der Waals surface area contributed by atoms with Gasteiger partial charge in [0.2, 0.25) is 0 Å². The third-order valence-electron chi connectivity index (χ3n) is 2.82. The van der Waals surface area contributed by atoms with Gasteiger partial charge >= 0.3 is 106 Å². The van der Waals surface area contributed by atoms with Crippen LogP contribution < -0.4 is 24.8 Å². The summed E-state index contributed by atoms with van der Waals surface area (Å²) in [6.07, 6.45) is 14.2. The van der Waals surface area contributed by atoms with E-state index in [4.69, 9.17) is 0 Å². The van der Waals surface area contributed by atoms with Crippen molar-refractivity contribution in [1.82, 2.24) is 0 Å². The molecular formula is C13H18Cl2SiZr. The molecule has 0 heterocycles. The van der Waals surface area contributed by atoms with E-state index in [2.05, 4.69) is 50.0 Å². The number of halogens is 2. The summed E-state index contributed by atoms with van der Waals surface area (Å²) < 4.78 is 3.61. The predicted octanol–water partition coefficient (Wildman–Crippen LogP) is -1.99. The summed E-state index contributed by atoms with van der Waals surface area (Å²) in [4.78, 5) is 0. The van der Waals surface area contributed by atoms with Crippen LogP contribution in [0.15, 0.2) is 42.1 Å². The first-order valence-corrected chi connectivity index (χ1v) is 11.6. The van der Waals surface area contributed by atoms with Crippen LogP contribution in [0.25, 0.3) is 0 Å². The zero-order valence-electron chi connectivity index (χ0n) is 10.6. The second kappa shape index (κ2) is 7.28. The summed E-state index contributed by atoms with van der Waals surface area (Å²) in [7, 11) is -1.07. The normalized spacial score (nSPS) is 17.5. The summed E-state index contributed by atoms with van der Waals surface area (Å²) in [5.41, 5.74) is 0. The van der Waals surface area contributed by atoms with E-state index in [-0.39, 0.29) is 24.8 Å². The van der Waals surface area contributed by atoms with Crippen LogP contribution in [-0.2, 0) is 23.2 Å². The molecule has 2 aliphatic rings. The molecule has 0 saturated carbocycles. The maximum Gasteiger partial charge on any atom is -1.00 e. The summed E-state index contributed by atoms with van der Waals surface area (Å²) in [6, 6.07) is 0.